The summed E-state index contributed by atoms with van der Waals surface area (Å²) in [5.74, 6) is 2.26. The second kappa shape index (κ2) is 6.78. The van der Waals surface area contributed by atoms with E-state index in [1.807, 2.05) is 12.1 Å². The van der Waals surface area contributed by atoms with Gasteiger partial charge in [0.2, 0.25) is 0 Å². The third-order valence-electron chi connectivity index (χ3n) is 8.31. The van der Waals surface area contributed by atoms with Gasteiger partial charge >= 0.3 is 0 Å². The molecule has 0 heterocycles. The van der Waals surface area contributed by atoms with Crippen molar-refractivity contribution < 1.29 is 20.1 Å². The number of benzene rings is 2. The second-order valence-corrected chi connectivity index (χ2v) is 9.69. The van der Waals surface area contributed by atoms with Crippen LogP contribution in [0.1, 0.15) is 55.2 Å². The van der Waals surface area contributed by atoms with Crippen molar-refractivity contribution in [3.05, 3.63) is 59.2 Å². The van der Waals surface area contributed by atoms with E-state index in [-0.39, 0.29) is 17.8 Å². The van der Waals surface area contributed by atoms with E-state index in [1.165, 1.54) is 11.1 Å². The summed E-state index contributed by atoms with van der Waals surface area (Å²) in [5, 5.41) is 31.8. The largest absolute Gasteiger partial charge is 0.508 e. The molecule has 30 heavy (non-hydrogen) atoms. The Labute approximate surface area is 177 Å². The highest BCUT2D eigenvalue weighted by Gasteiger charge is 2.61. The van der Waals surface area contributed by atoms with Crippen LogP contribution in [0, 0.1) is 24.2 Å². The summed E-state index contributed by atoms with van der Waals surface area (Å²) < 4.78 is 5.97. The maximum absolute atomic E-state index is 11.7. The smallest absolute Gasteiger partial charge is 0.119 e. The quantitative estimate of drug-likeness (QED) is 0.659. The molecule has 0 radical (unpaired) electrons. The van der Waals surface area contributed by atoms with Crippen LogP contribution in [-0.2, 0) is 0 Å². The molecule has 3 aliphatic rings. The second-order valence-electron chi connectivity index (χ2n) is 9.69. The van der Waals surface area contributed by atoms with E-state index < -0.39 is 5.60 Å². The molecular weight excluding hydrogens is 376 g/mol. The van der Waals surface area contributed by atoms with Gasteiger partial charge in [-0.25, -0.2) is 0 Å². The SMILES string of the molecule is Cc1ccc(O)c2c1C=C[C@@H]1[C@@H]2CC[C@@]2(C)[C@H]1CC[C@]2(O)COc1ccc(O)cc1. The Hall–Kier alpha value is -2.46. The summed E-state index contributed by atoms with van der Waals surface area (Å²) >= 11 is 0. The molecule has 2 saturated carbocycles. The highest BCUT2D eigenvalue weighted by Crippen LogP contribution is 2.64. The average Bonchev–Trinajstić information content (AvgIpc) is 3.01. The van der Waals surface area contributed by atoms with Crippen LogP contribution >= 0.6 is 0 Å². The molecule has 2 aromatic carbocycles. The van der Waals surface area contributed by atoms with Crippen LogP contribution in [0.2, 0.25) is 0 Å². The summed E-state index contributed by atoms with van der Waals surface area (Å²) in [4.78, 5) is 0. The highest BCUT2D eigenvalue weighted by molar-refractivity contribution is 5.66. The lowest BCUT2D eigenvalue weighted by molar-refractivity contribution is -0.117. The van der Waals surface area contributed by atoms with Crippen LogP contribution in [0.3, 0.4) is 0 Å². The lowest BCUT2D eigenvalue weighted by atomic mass is 9.54. The number of aliphatic hydroxyl groups is 1. The minimum atomic E-state index is -0.886. The zero-order chi connectivity index (χ0) is 21.1. The van der Waals surface area contributed by atoms with Gasteiger partial charge in [-0.3, -0.25) is 0 Å². The maximum atomic E-state index is 11.7. The zero-order valence-electron chi connectivity index (χ0n) is 17.6. The summed E-state index contributed by atoms with van der Waals surface area (Å²) in [6, 6.07) is 10.5. The Balaban J connectivity index is 1.41. The first kappa shape index (κ1) is 19.5. The average molecular weight is 407 g/mol. The topological polar surface area (TPSA) is 69.9 Å². The van der Waals surface area contributed by atoms with Crippen molar-refractivity contribution in [3.8, 4) is 17.2 Å². The van der Waals surface area contributed by atoms with Crippen LogP contribution in [0.5, 0.6) is 17.2 Å². The molecule has 0 bridgehead atoms. The van der Waals surface area contributed by atoms with E-state index in [1.54, 1.807) is 24.3 Å². The molecule has 0 unspecified atom stereocenters. The first-order chi connectivity index (χ1) is 14.3. The third kappa shape index (κ3) is 2.77. The van der Waals surface area contributed by atoms with Crippen molar-refractivity contribution in [1.29, 1.82) is 0 Å². The molecule has 2 fully saturated rings. The van der Waals surface area contributed by atoms with Gasteiger partial charge in [0.05, 0.1) is 0 Å². The molecule has 2 aromatic rings. The Kier molecular flexibility index (Phi) is 4.41. The fourth-order valence-corrected chi connectivity index (χ4v) is 6.45. The van der Waals surface area contributed by atoms with E-state index in [2.05, 4.69) is 26.0 Å². The molecular formula is C26H30O4. The van der Waals surface area contributed by atoms with Crippen molar-refractivity contribution in [2.75, 3.05) is 6.61 Å². The van der Waals surface area contributed by atoms with Gasteiger partial charge in [0.25, 0.3) is 0 Å². The van der Waals surface area contributed by atoms with Gasteiger partial charge in [-0.05, 0) is 91.8 Å². The van der Waals surface area contributed by atoms with Gasteiger partial charge in [-0.1, -0.05) is 25.1 Å². The molecule has 3 aliphatic carbocycles. The Morgan fingerprint density at radius 3 is 2.57 bits per heavy atom. The van der Waals surface area contributed by atoms with E-state index in [4.69, 9.17) is 4.74 Å². The van der Waals surface area contributed by atoms with E-state index in [0.29, 0.717) is 29.3 Å². The lowest BCUT2D eigenvalue weighted by Gasteiger charge is -2.52. The number of hydrogen-bond acceptors (Lipinski definition) is 4. The number of allylic oxidation sites excluding steroid dienone is 1. The molecule has 0 aliphatic heterocycles. The number of hydrogen-bond donors (Lipinski definition) is 3. The summed E-state index contributed by atoms with van der Waals surface area (Å²) in [7, 11) is 0. The first-order valence-corrected chi connectivity index (χ1v) is 11.0. The first-order valence-electron chi connectivity index (χ1n) is 11.0. The van der Waals surface area contributed by atoms with Crippen molar-refractivity contribution in [2.45, 2.75) is 51.0 Å². The van der Waals surface area contributed by atoms with Gasteiger partial charge in [0.15, 0.2) is 0 Å². The number of phenolic OH excluding ortho intramolecular Hbond substituents is 2. The summed E-state index contributed by atoms with van der Waals surface area (Å²) in [6.07, 6.45) is 8.05. The Morgan fingerprint density at radius 1 is 1.03 bits per heavy atom. The van der Waals surface area contributed by atoms with Crippen molar-refractivity contribution >= 4 is 6.08 Å². The number of phenols is 2. The molecule has 5 atom stereocenters. The summed E-state index contributed by atoms with van der Waals surface area (Å²) in [5.41, 5.74) is 2.36. The van der Waals surface area contributed by atoms with Crippen LogP contribution < -0.4 is 4.74 Å². The molecule has 0 amide bonds. The van der Waals surface area contributed by atoms with Gasteiger partial charge in [0.1, 0.15) is 29.5 Å². The van der Waals surface area contributed by atoms with Crippen molar-refractivity contribution in [3.63, 3.8) is 0 Å². The normalized spacial score (nSPS) is 34.2. The minimum absolute atomic E-state index is 0.204. The number of aromatic hydroxyl groups is 2. The number of fused-ring (bicyclic) bond motifs is 5. The number of rotatable bonds is 3. The zero-order valence-corrected chi connectivity index (χ0v) is 17.6. The van der Waals surface area contributed by atoms with Crippen LogP contribution in [-0.4, -0.2) is 27.5 Å². The monoisotopic (exact) mass is 406 g/mol. The fourth-order valence-electron chi connectivity index (χ4n) is 6.45. The van der Waals surface area contributed by atoms with Gasteiger partial charge in [0, 0.05) is 11.0 Å². The van der Waals surface area contributed by atoms with E-state index in [9.17, 15) is 15.3 Å². The van der Waals surface area contributed by atoms with Crippen molar-refractivity contribution in [2.24, 2.45) is 17.3 Å². The molecule has 4 nitrogen and oxygen atoms in total. The predicted molar refractivity (Wildman–Crippen MR) is 117 cm³/mol. The fraction of sp³-hybridized carbons (Fsp3) is 0.462. The number of ether oxygens (including phenoxy) is 1. The van der Waals surface area contributed by atoms with Crippen LogP contribution in [0.4, 0.5) is 0 Å². The van der Waals surface area contributed by atoms with E-state index >= 15 is 0 Å². The Bertz CT molecular complexity index is 995. The molecule has 158 valence electrons. The Morgan fingerprint density at radius 2 is 1.80 bits per heavy atom. The third-order valence-corrected chi connectivity index (χ3v) is 8.31. The molecule has 0 aromatic heterocycles. The minimum Gasteiger partial charge on any atom is -0.508 e. The predicted octanol–water partition coefficient (Wildman–Crippen LogP) is 5.15. The lowest BCUT2D eigenvalue weighted by Crippen LogP contribution is -2.53. The van der Waals surface area contributed by atoms with Gasteiger partial charge < -0.3 is 20.1 Å². The van der Waals surface area contributed by atoms with Gasteiger partial charge in [-0.15, -0.1) is 0 Å². The van der Waals surface area contributed by atoms with Crippen LogP contribution in [0.15, 0.2) is 42.5 Å². The molecule has 3 N–H and O–H groups in total. The van der Waals surface area contributed by atoms with Crippen molar-refractivity contribution in [1.82, 2.24) is 0 Å². The standard InChI is InChI=1S/C26H30O4/c1-16-3-10-23(28)24-19(16)8-9-20-21(24)11-13-25(2)22(20)12-14-26(25,29)15-30-18-6-4-17(27)5-7-18/h3-10,20-22,27-29H,11-15H2,1-2H3/t20-,21+,22+,25+,26+/m1/s1. The highest BCUT2D eigenvalue weighted by atomic mass is 16.5. The molecule has 0 saturated heterocycles. The van der Waals surface area contributed by atoms with E-state index in [0.717, 1.165) is 31.2 Å². The maximum Gasteiger partial charge on any atom is 0.119 e. The molecule has 4 heteroatoms. The van der Waals surface area contributed by atoms with Crippen LogP contribution in [0.25, 0.3) is 6.08 Å². The van der Waals surface area contributed by atoms with Gasteiger partial charge in [-0.2, -0.15) is 0 Å². The molecule has 5 rings (SSSR count). The molecule has 0 spiro atoms. The number of aryl methyl sites for hydroxylation is 1. The summed E-state index contributed by atoms with van der Waals surface area (Å²) in [6.45, 7) is 4.58.